The van der Waals surface area contributed by atoms with Crippen LogP contribution in [-0.2, 0) is 0 Å². The third-order valence-corrected chi connectivity index (χ3v) is 2.24. The summed E-state index contributed by atoms with van der Waals surface area (Å²) in [6.45, 7) is 6.24. The minimum absolute atomic E-state index is 0.199. The number of hydrogen-bond acceptors (Lipinski definition) is 3. The lowest BCUT2D eigenvalue weighted by atomic mass is 10.1. The van der Waals surface area contributed by atoms with E-state index in [1.807, 2.05) is 18.2 Å². The first-order chi connectivity index (χ1) is 6.68. The summed E-state index contributed by atoms with van der Waals surface area (Å²) in [5.74, 6) is 0.352. The normalized spacial score (nSPS) is 19.9. The molecule has 1 aliphatic rings. The van der Waals surface area contributed by atoms with Crippen molar-refractivity contribution < 1.29 is 4.52 Å². The van der Waals surface area contributed by atoms with Crippen molar-refractivity contribution in [1.82, 2.24) is 5.16 Å². The number of allylic oxidation sites excluding steroid dienone is 1. The highest BCUT2D eigenvalue weighted by Crippen LogP contribution is 2.05. The maximum absolute atomic E-state index is 5.23. The van der Waals surface area contributed by atoms with E-state index in [0.717, 1.165) is 16.5 Å². The molecule has 3 heteroatoms. The van der Waals surface area contributed by atoms with Crippen LogP contribution in [0.5, 0.6) is 0 Å². The Kier molecular flexibility index (Phi) is 2.23. The van der Waals surface area contributed by atoms with Crippen molar-refractivity contribution in [2.24, 2.45) is 4.99 Å². The van der Waals surface area contributed by atoms with E-state index < -0.39 is 0 Å². The van der Waals surface area contributed by atoms with Crippen LogP contribution in [-0.4, -0.2) is 11.2 Å². The monoisotopic (exact) mass is 190 g/mol. The summed E-state index contributed by atoms with van der Waals surface area (Å²) in [6, 6.07) is 0.199. The van der Waals surface area contributed by atoms with E-state index in [4.69, 9.17) is 4.52 Å². The Labute approximate surface area is 82.8 Å². The summed E-state index contributed by atoms with van der Waals surface area (Å²) in [5.41, 5.74) is 1.72. The molecule has 0 aromatic carbocycles. The lowest BCUT2D eigenvalue weighted by Gasteiger charge is -1.98. The largest absolute Gasteiger partial charge is 0.354 e. The zero-order valence-electron chi connectivity index (χ0n) is 8.69. The van der Waals surface area contributed by atoms with Crippen molar-refractivity contribution in [3.63, 3.8) is 0 Å². The van der Waals surface area contributed by atoms with E-state index in [2.05, 4.69) is 30.9 Å². The number of nitrogens with zero attached hydrogens (tertiary/aromatic N) is 2. The lowest BCUT2D eigenvalue weighted by Crippen LogP contribution is -2.24. The number of fused-ring (bicyclic) bond motifs is 1. The second-order valence-corrected chi connectivity index (χ2v) is 3.86. The van der Waals surface area contributed by atoms with E-state index in [0.29, 0.717) is 5.92 Å². The zero-order chi connectivity index (χ0) is 10.1. The predicted octanol–water partition coefficient (Wildman–Crippen LogP) is 1.16. The zero-order valence-corrected chi connectivity index (χ0v) is 8.69. The summed E-state index contributed by atoms with van der Waals surface area (Å²) in [6.07, 6.45) is 5.93. The molecule has 0 aliphatic carbocycles. The van der Waals surface area contributed by atoms with Crippen LogP contribution in [0, 0.1) is 0 Å². The summed E-state index contributed by atoms with van der Waals surface area (Å²) in [5, 5.41) is 4.95. The average molecular weight is 190 g/mol. The molecular weight excluding hydrogens is 176 g/mol. The molecule has 0 saturated heterocycles. The van der Waals surface area contributed by atoms with Crippen LogP contribution in [0.2, 0.25) is 0 Å². The third kappa shape index (κ3) is 1.50. The fraction of sp³-hybridized carbons (Fsp3) is 0.455. The number of aromatic nitrogens is 1. The molecule has 1 unspecified atom stereocenters. The van der Waals surface area contributed by atoms with Gasteiger partial charge in [0, 0.05) is 5.92 Å². The molecule has 3 nitrogen and oxygen atoms in total. The highest BCUT2D eigenvalue weighted by Gasteiger charge is 2.11. The molecule has 1 aliphatic heterocycles. The van der Waals surface area contributed by atoms with Crippen molar-refractivity contribution in [2.45, 2.75) is 32.7 Å². The van der Waals surface area contributed by atoms with Crippen LogP contribution >= 0.6 is 0 Å². The van der Waals surface area contributed by atoms with Gasteiger partial charge in [0.1, 0.15) is 11.1 Å². The first kappa shape index (κ1) is 9.19. The van der Waals surface area contributed by atoms with Gasteiger partial charge in [0.2, 0.25) is 0 Å². The topological polar surface area (TPSA) is 38.4 Å². The second kappa shape index (κ2) is 3.40. The maximum atomic E-state index is 5.23. The summed E-state index contributed by atoms with van der Waals surface area (Å²) < 4.78 is 5.23. The summed E-state index contributed by atoms with van der Waals surface area (Å²) in [7, 11) is 0. The molecule has 0 bridgehead atoms. The molecule has 2 rings (SSSR count). The maximum Gasteiger partial charge on any atom is 0.185 e. The van der Waals surface area contributed by atoms with Gasteiger partial charge in [0.15, 0.2) is 5.42 Å². The van der Waals surface area contributed by atoms with Crippen LogP contribution < -0.4 is 10.8 Å². The summed E-state index contributed by atoms with van der Waals surface area (Å²) >= 11 is 0. The molecule has 74 valence electrons. The molecular formula is C11H14N2O. The number of rotatable bonds is 1. The Morgan fingerprint density at radius 2 is 2.21 bits per heavy atom. The minimum atomic E-state index is 0.199. The fourth-order valence-electron chi connectivity index (χ4n) is 1.48. The standard InChI is InChI=1S/C11H14N2O/c1-7(2)10-11-9(14-13-10)6-4-5-8(3)12-11/h4-8H,1-3H3. The molecule has 0 fully saturated rings. The Bertz CT molecular complexity index is 468. The molecule has 1 atom stereocenters. The molecule has 1 aromatic rings. The minimum Gasteiger partial charge on any atom is -0.354 e. The quantitative estimate of drug-likeness (QED) is 0.666. The smallest absolute Gasteiger partial charge is 0.185 e. The van der Waals surface area contributed by atoms with Crippen LogP contribution in [0.4, 0.5) is 0 Å². The fourth-order valence-corrected chi connectivity index (χ4v) is 1.48. The average Bonchev–Trinajstić information content (AvgIpc) is 2.41. The van der Waals surface area contributed by atoms with Crippen molar-refractivity contribution in [1.29, 1.82) is 0 Å². The predicted molar refractivity (Wildman–Crippen MR) is 54.4 cm³/mol. The lowest BCUT2D eigenvalue weighted by molar-refractivity contribution is 0.384. The molecule has 1 aromatic heterocycles. The summed E-state index contributed by atoms with van der Waals surface area (Å²) in [4.78, 5) is 4.55. The Morgan fingerprint density at radius 3 is 2.93 bits per heavy atom. The van der Waals surface area contributed by atoms with Crippen LogP contribution in [0.1, 0.15) is 32.4 Å². The van der Waals surface area contributed by atoms with Gasteiger partial charge in [-0.3, -0.25) is 4.99 Å². The van der Waals surface area contributed by atoms with Crippen molar-refractivity contribution in [3.05, 3.63) is 28.6 Å². The highest BCUT2D eigenvalue weighted by atomic mass is 16.5. The van der Waals surface area contributed by atoms with Gasteiger partial charge in [-0.15, -0.1) is 0 Å². The Morgan fingerprint density at radius 1 is 1.43 bits per heavy atom. The van der Waals surface area contributed by atoms with Crippen LogP contribution in [0.25, 0.3) is 6.08 Å². The van der Waals surface area contributed by atoms with Crippen molar-refractivity contribution in [3.8, 4) is 0 Å². The molecule has 0 saturated carbocycles. The van der Waals surface area contributed by atoms with E-state index >= 15 is 0 Å². The van der Waals surface area contributed by atoms with Gasteiger partial charge in [-0.05, 0) is 13.0 Å². The molecule has 2 heterocycles. The molecule has 0 spiro atoms. The van der Waals surface area contributed by atoms with Gasteiger partial charge in [-0.1, -0.05) is 31.2 Å². The second-order valence-electron chi connectivity index (χ2n) is 3.86. The van der Waals surface area contributed by atoms with E-state index in [-0.39, 0.29) is 6.04 Å². The highest BCUT2D eigenvalue weighted by molar-refractivity contribution is 5.35. The molecule has 0 amide bonds. The van der Waals surface area contributed by atoms with Crippen LogP contribution in [0.15, 0.2) is 21.7 Å². The van der Waals surface area contributed by atoms with Gasteiger partial charge in [-0.2, -0.15) is 0 Å². The van der Waals surface area contributed by atoms with Gasteiger partial charge in [-0.25, -0.2) is 0 Å². The van der Waals surface area contributed by atoms with Gasteiger partial charge in [0.25, 0.3) is 0 Å². The van der Waals surface area contributed by atoms with Crippen molar-refractivity contribution >= 4 is 6.08 Å². The molecule has 0 radical (unpaired) electrons. The first-order valence-electron chi connectivity index (χ1n) is 4.90. The first-order valence-corrected chi connectivity index (χ1v) is 4.90. The van der Waals surface area contributed by atoms with Crippen molar-refractivity contribution in [2.75, 3.05) is 0 Å². The number of hydrogen-bond donors (Lipinski definition) is 0. The SMILES string of the molecule is CC1C=CC=c2onc(C(C)C)c2=N1. The molecule has 14 heavy (non-hydrogen) atoms. The van der Waals surface area contributed by atoms with Gasteiger partial charge >= 0.3 is 0 Å². The van der Waals surface area contributed by atoms with Crippen LogP contribution in [0.3, 0.4) is 0 Å². The Hall–Kier alpha value is -1.38. The third-order valence-electron chi connectivity index (χ3n) is 2.24. The Balaban J connectivity index is 2.69. The van der Waals surface area contributed by atoms with E-state index in [9.17, 15) is 0 Å². The molecule has 0 N–H and O–H groups in total. The van der Waals surface area contributed by atoms with E-state index in [1.165, 1.54) is 0 Å². The van der Waals surface area contributed by atoms with Gasteiger partial charge < -0.3 is 4.52 Å². The van der Waals surface area contributed by atoms with Gasteiger partial charge in [0.05, 0.1) is 6.04 Å². The van der Waals surface area contributed by atoms with E-state index in [1.54, 1.807) is 0 Å².